The maximum atomic E-state index is 13.6. The molecule has 3 rings (SSSR count). The van der Waals surface area contributed by atoms with Gasteiger partial charge in [0.15, 0.2) is 5.13 Å². The molecule has 0 bridgehead atoms. The first-order valence-electron chi connectivity index (χ1n) is 6.68. The predicted molar refractivity (Wildman–Crippen MR) is 82.7 cm³/mol. The molecule has 0 aliphatic carbocycles. The lowest BCUT2D eigenvalue weighted by atomic mass is 10.2. The number of aryl methyl sites for hydroxylation is 2. The molecule has 7 heteroatoms. The van der Waals surface area contributed by atoms with E-state index in [0.29, 0.717) is 5.13 Å². The molecule has 2 heterocycles. The Labute approximate surface area is 130 Å². The van der Waals surface area contributed by atoms with Crippen LogP contribution in [0.4, 0.5) is 13.9 Å². The number of aromatic nitrogens is 3. The molecule has 0 aliphatic heterocycles. The molecule has 0 amide bonds. The zero-order chi connectivity index (χ0) is 15.7. The highest BCUT2D eigenvalue weighted by molar-refractivity contribution is 7.19. The quantitative estimate of drug-likeness (QED) is 0.796. The van der Waals surface area contributed by atoms with Gasteiger partial charge in [0.05, 0.1) is 10.6 Å². The fourth-order valence-electron chi connectivity index (χ4n) is 2.10. The van der Waals surface area contributed by atoms with Crippen LogP contribution in [-0.4, -0.2) is 14.8 Å². The summed E-state index contributed by atoms with van der Waals surface area (Å²) in [6.07, 6.45) is 1.86. The van der Waals surface area contributed by atoms with E-state index >= 15 is 0 Å². The maximum Gasteiger partial charge on any atom is 0.183 e. The van der Waals surface area contributed by atoms with Gasteiger partial charge in [-0.15, -0.1) is 0 Å². The van der Waals surface area contributed by atoms with Gasteiger partial charge in [-0.05, 0) is 31.2 Å². The smallest absolute Gasteiger partial charge is 0.183 e. The van der Waals surface area contributed by atoms with Crippen molar-refractivity contribution in [3.8, 4) is 10.6 Å². The normalized spacial score (nSPS) is 10.9. The highest BCUT2D eigenvalue weighted by Crippen LogP contribution is 2.31. The molecule has 4 nitrogen and oxygen atoms in total. The molecule has 0 atom stereocenters. The number of halogens is 2. The molecule has 0 aliphatic rings. The third kappa shape index (κ3) is 2.99. The van der Waals surface area contributed by atoms with E-state index in [2.05, 4.69) is 15.4 Å². The summed E-state index contributed by atoms with van der Waals surface area (Å²) in [5.41, 5.74) is 1.97. The molecule has 0 saturated carbocycles. The monoisotopic (exact) mass is 320 g/mol. The van der Waals surface area contributed by atoms with Gasteiger partial charge in [0.1, 0.15) is 17.3 Å². The lowest BCUT2D eigenvalue weighted by Crippen LogP contribution is -2.02. The van der Waals surface area contributed by atoms with Crippen LogP contribution in [0.5, 0.6) is 0 Å². The Hall–Kier alpha value is -2.28. The zero-order valence-electron chi connectivity index (χ0n) is 12.1. The molecule has 22 heavy (non-hydrogen) atoms. The number of rotatable bonds is 4. The molecule has 0 spiro atoms. The largest absolute Gasteiger partial charge is 0.357 e. The Kier molecular flexibility index (Phi) is 3.89. The minimum absolute atomic E-state index is 0.179. The standard InChI is InChI=1S/C15H14F2N4S/c1-9-14(13-5-6-21(2)20-13)22-15(19-9)18-8-10-7-11(16)3-4-12(10)17/h3-7H,8H2,1-2H3,(H,18,19). The molecule has 0 radical (unpaired) electrons. The summed E-state index contributed by atoms with van der Waals surface area (Å²) in [6, 6.07) is 5.32. The van der Waals surface area contributed by atoms with Gasteiger partial charge in [0.2, 0.25) is 0 Å². The molecule has 114 valence electrons. The highest BCUT2D eigenvalue weighted by atomic mass is 32.1. The number of benzene rings is 1. The lowest BCUT2D eigenvalue weighted by molar-refractivity contribution is 0.587. The van der Waals surface area contributed by atoms with Crippen LogP contribution in [0.25, 0.3) is 10.6 Å². The minimum atomic E-state index is -0.456. The fraction of sp³-hybridized carbons (Fsp3) is 0.200. The van der Waals surface area contributed by atoms with E-state index in [9.17, 15) is 8.78 Å². The molecular formula is C15H14F2N4S. The summed E-state index contributed by atoms with van der Waals surface area (Å²) in [7, 11) is 1.85. The van der Waals surface area contributed by atoms with Crippen molar-refractivity contribution in [1.29, 1.82) is 0 Å². The van der Waals surface area contributed by atoms with E-state index in [0.717, 1.165) is 28.4 Å². The molecule has 1 aromatic carbocycles. The van der Waals surface area contributed by atoms with E-state index in [-0.39, 0.29) is 12.1 Å². The Morgan fingerprint density at radius 3 is 2.82 bits per heavy atom. The summed E-state index contributed by atoms with van der Waals surface area (Å²) < 4.78 is 28.5. The number of thiazole rings is 1. The van der Waals surface area contributed by atoms with Crippen LogP contribution in [0.3, 0.4) is 0 Å². The number of nitrogens with one attached hydrogen (secondary N) is 1. The van der Waals surface area contributed by atoms with Gasteiger partial charge in [-0.25, -0.2) is 13.8 Å². The van der Waals surface area contributed by atoms with Crippen LogP contribution in [0.2, 0.25) is 0 Å². The third-order valence-electron chi connectivity index (χ3n) is 3.18. The fourth-order valence-corrected chi connectivity index (χ4v) is 3.02. The maximum absolute atomic E-state index is 13.6. The van der Waals surface area contributed by atoms with E-state index in [1.807, 2.05) is 26.2 Å². The van der Waals surface area contributed by atoms with Gasteiger partial charge < -0.3 is 5.32 Å². The first-order chi connectivity index (χ1) is 10.5. The van der Waals surface area contributed by atoms with Gasteiger partial charge >= 0.3 is 0 Å². The number of hydrogen-bond donors (Lipinski definition) is 1. The molecular weight excluding hydrogens is 306 g/mol. The zero-order valence-corrected chi connectivity index (χ0v) is 12.9. The van der Waals surface area contributed by atoms with Crippen molar-refractivity contribution in [3.63, 3.8) is 0 Å². The Morgan fingerprint density at radius 1 is 1.27 bits per heavy atom. The molecule has 0 unspecified atom stereocenters. The molecule has 0 fully saturated rings. The average molecular weight is 320 g/mol. The van der Waals surface area contributed by atoms with Crippen LogP contribution >= 0.6 is 11.3 Å². The van der Waals surface area contributed by atoms with Crippen molar-refractivity contribution in [3.05, 3.63) is 53.4 Å². The van der Waals surface area contributed by atoms with Crippen LogP contribution in [-0.2, 0) is 13.6 Å². The molecule has 2 aromatic heterocycles. The van der Waals surface area contributed by atoms with E-state index in [4.69, 9.17) is 0 Å². The SMILES string of the molecule is Cc1nc(NCc2cc(F)ccc2F)sc1-c1ccn(C)n1. The second kappa shape index (κ2) is 5.84. The van der Waals surface area contributed by atoms with Crippen molar-refractivity contribution in [2.45, 2.75) is 13.5 Å². The van der Waals surface area contributed by atoms with E-state index < -0.39 is 11.6 Å². The number of hydrogen-bond acceptors (Lipinski definition) is 4. The van der Waals surface area contributed by atoms with Crippen molar-refractivity contribution in [2.75, 3.05) is 5.32 Å². The third-order valence-corrected chi connectivity index (χ3v) is 4.32. The number of anilines is 1. The van der Waals surface area contributed by atoms with Crippen molar-refractivity contribution < 1.29 is 8.78 Å². The number of nitrogens with zero attached hydrogens (tertiary/aromatic N) is 3. The van der Waals surface area contributed by atoms with Crippen LogP contribution in [0, 0.1) is 18.6 Å². The predicted octanol–water partition coefficient (Wildman–Crippen LogP) is 3.74. The summed E-state index contributed by atoms with van der Waals surface area (Å²) >= 11 is 1.44. The van der Waals surface area contributed by atoms with Gasteiger partial charge in [-0.1, -0.05) is 11.3 Å². The van der Waals surface area contributed by atoms with Gasteiger partial charge in [-0.3, -0.25) is 4.68 Å². The average Bonchev–Trinajstić information content (AvgIpc) is 3.06. The summed E-state index contributed by atoms with van der Waals surface area (Å²) in [5, 5.41) is 8.04. The Balaban J connectivity index is 1.78. The van der Waals surface area contributed by atoms with E-state index in [1.54, 1.807) is 4.68 Å². The molecule has 0 saturated heterocycles. The summed E-state index contributed by atoms with van der Waals surface area (Å²) in [5.74, 6) is -0.894. The van der Waals surface area contributed by atoms with Crippen molar-refractivity contribution in [2.24, 2.45) is 7.05 Å². The topological polar surface area (TPSA) is 42.7 Å². The van der Waals surface area contributed by atoms with Crippen LogP contribution in [0.1, 0.15) is 11.3 Å². The first-order valence-corrected chi connectivity index (χ1v) is 7.50. The van der Waals surface area contributed by atoms with Crippen molar-refractivity contribution in [1.82, 2.24) is 14.8 Å². The second-order valence-corrected chi connectivity index (χ2v) is 5.90. The van der Waals surface area contributed by atoms with Gasteiger partial charge in [0.25, 0.3) is 0 Å². The van der Waals surface area contributed by atoms with E-state index in [1.165, 1.54) is 17.4 Å². The van der Waals surface area contributed by atoms with Crippen LogP contribution < -0.4 is 5.32 Å². The first kappa shape index (κ1) is 14.6. The Bertz CT molecular complexity index is 810. The molecule has 1 N–H and O–H groups in total. The van der Waals surface area contributed by atoms with Gasteiger partial charge in [0, 0.05) is 25.4 Å². The lowest BCUT2D eigenvalue weighted by Gasteiger charge is -2.04. The highest BCUT2D eigenvalue weighted by Gasteiger charge is 2.12. The second-order valence-electron chi connectivity index (χ2n) is 4.90. The Morgan fingerprint density at radius 2 is 2.09 bits per heavy atom. The van der Waals surface area contributed by atoms with Crippen molar-refractivity contribution >= 4 is 16.5 Å². The molecule has 3 aromatic rings. The minimum Gasteiger partial charge on any atom is -0.357 e. The summed E-state index contributed by atoms with van der Waals surface area (Å²) in [6.45, 7) is 2.08. The summed E-state index contributed by atoms with van der Waals surface area (Å²) in [4.78, 5) is 5.37. The van der Waals surface area contributed by atoms with Crippen LogP contribution in [0.15, 0.2) is 30.5 Å². The van der Waals surface area contributed by atoms with Gasteiger partial charge in [-0.2, -0.15) is 5.10 Å².